The first-order valence-electron chi connectivity index (χ1n) is 4.00. The molecule has 0 aliphatic heterocycles. The van der Waals surface area contributed by atoms with Crippen LogP contribution in [0, 0.1) is 0 Å². The van der Waals surface area contributed by atoms with Crippen LogP contribution < -0.4 is 0 Å². The number of nitrogens with zero attached hydrogens (tertiary/aromatic N) is 3. The first kappa shape index (κ1) is 6.54. The van der Waals surface area contributed by atoms with Gasteiger partial charge < -0.3 is 0 Å². The highest BCUT2D eigenvalue weighted by Crippen LogP contribution is 2.22. The van der Waals surface area contributed by atoms with Crippen LogP contribution in [-0.2, 0) is 0 Å². The molecule has 0 spiro atoms. The van der Waals surface area contributed by atoms with Gasteiger partial charge in [0.05, 0.1) is 17.3 Å². The van der Waals surface area contributed by atoms with Gasteiger partial charge in [-0.05, 0) is 6.08 Å². The zero-order valence-electron chi connectivity index (χ0n) is 6.73. The van der Waals surface area contributed by atoms with E-state index in [1.165, 1.54) is 0 Å². The fraction of sp³-hybridized carbons (Fsp3) is 0. The van der Waals surface area contributed by atoms with Crippen LogP contribution in [0.3, 0.4) is 0 Å². The number of aromatic nitrogens is 4. The van der Waals surface area contributed by atoms with Crippen LogP contribution in [0.5, 0.6) is 0 Å². The summed E-state index contributed by atoms with van der Waals surface area (Å²) in [4.78, 5) is 0. The van der Waals surface area contributed by atoms with Crippen molar-refractivity contribution in [2.75, 3.05) is 0 Å². The number of nitrogens with one attached hydrogen (secondary N) is 1. The highest BCUT2D eigenvalue weighted by Gasteiger charge is 2.08. The number of allylic oxidation sites excluding steroid dienone is 2. The van der Waals surface area contributed by atoms with Crippen LogP contribution in [-0.4, -0.2) is 20.4 Å². The second-order valence-electron chi connectivity index (χ2n) is 2.85. The molecule has 2 aromatic heterocycles. The lowest BCUT2D eigenvalue weighted by molar-refractivity contribution is 1.02. The molecule has 0 radical (unpaired) electrons. The Kier molecular flexibility index (Phi) is 1.14. The molecule has 0 bridgehead atoms. The van der Waals surface area contributed by atoms with Crippen LogP contribution in [0.1, 0.15) is 11.3 Å². The molecule has 0 unspecified atom stereocenters. The zero-order valence-corrected chi connectivity index (χ0v) is 6.73. The van der Waals surface area contributed by atoms with Gasteiger partial charge >= 0.3 is 0 Å². The topological polar surface area (TPSA) is 54.5 Å². The van der Waals surface area contributed by atoms with E-state index in [0.29, 0.717) is 5.65 Å². The van der Waals surface area contributed by atoms with E-state index in [4.69, 9.17) is 0 Å². The van der Waals surface area contributed by atoms with Gasteiger partial charge in [-0.3, -0.25) is 5.10 Å². The maximum atomic E-state index is 4.05. The maximum absolute atomic E-state index is 4.05. The average Bonchev–Trinajstić information content (AvgIpc) is 2.44. The Hall–Kier alpha value is -1.97. The van der Waals surface area contributed by atoms with Gasteiger partial charge in [0.25, 0.3) is 0 Å². The third-order valence-electron chi connectivity index (χ3n) is 2.06. The number of H-pyrrole nitrogens is 1. The standard InChI is InChI=1S/C9H6N4/c1-2-4-7-8-6(3-1)5-10-12-9(8)13-11-7/h1-5H,(H,11,12,13). The largest absolute Gasteiger partial charge is 0.276 e. The van der Waals surface area contributed by atoms with Gasteiger partial charge in [0.2, 0.25) is 5.65 Å². The normalized spacial score (nSPS) is 13.5. The van der Waals surface area contributed by atoms with Crippen LogP contribution >= 0.6 is 0 Å². The lowest BCUT2D eigenvalue weighted by Crippen LogP contribution is -1.84. The molecule has 4 nitrogen and oxygen atoms in total. The van der Waals surface area contributed by atoms with Crippen LogP contribution in [0.4, 0.5) is 0 Å². The summed E-state index contributed by atoms with van der Waals surface area (Å²) in [5, 5.41) is 15.8. The number of hydrogen-bond acceptors (Lipinski definition) is 3. The Morgan fingerprint density at radius 2 is 2.08 bits per heavy atom. The molecule has 0 atom stereocenters. The van der Waals surface area contributed by atoms with Gasteiger partial charge in [0.1, 0.15) is 0 Å². The molecule has 2 aromatic rings. The minimum Gasteiger partial charge on any atom is -0.276 e. The summed E-state index contributed by atoms with van der Waals surface area (Å²) >= 11 is 0. The van der Waals surface area contributed by atoms with Crippen molar-refractivity contribution in [3.8, 4) is 0 Å². The Labute approximate surface area is 74.0 Å². The highest BCUT2D eigenvalue weighted by atomic mass is 15.2. The van der Waals surface area contributed by atoms with Crippen molar-refractivity contribution in [2.45, 2.75) is 0 Å². The third-order valence-corrected chi connectivity index (χ3v) is 2.06. The van der Waals surface area contributed by atoms with Gasteiger partial charge in [-0.25, -0.2) is 0 Å². The Balaban J connectivity index is 2.56. The average molecular weight is 170 g/mol. The lowest BCUT2D eigenvalue weighted by atomic mass is 10.2. The molecule has 0 aromatic carbocycles. The first-order valence-corrected chi connectivity index (χ1v) is 4.00. The number of aromatic amines is 1. The van der Waals surface area contributed by atoms with Gasteiger partial charge in [0.15, 0.2) is 0 Å². The highest BCUT2D eigenvalue weighted by molar-refractivity contribution is 5.92. The molecule has 4 heteroatoms. The van der Waals surface area contributed by atoms with Gasteiger partial charge in [0, 0.05) is 5.56 Å². The molecular weight excluding hydrogens is 164 g/mol. The predicted octanol–water partition coefficient (Wildman–Crippen LogP) is 1.39. The summed E-state index contributed by atoms with van der Waals surface area (Å²) < 4.78 is 0. The van der Waals surface area contributed by atoms with Crippen LogP contribution in [0.25, 0.3) is 23.2 Å². The fourth-order valence-electron chi connectivity index (χ4n) is 1.47. The van der Waals surface area contributed by atoms with Gasteiger partial charge in [-0.2, -0.15) is 10.2 Å². The molecule has 1 aliphatic carbocycles. The second kappa shape index (κ2) is 2.26. The van der Waals surface area contributed by atoms with E-state index in [1.54, 1.807) is 6.20 Å². The summed E-state index contributed by atoms with van der Waals surface area (Å²) in [6.07, 6.45) is 9.66. The lowest BCUT2D eigenvalue weighted by Gasteiger charge is -1.92. The first-order chi connectivity index (χ1) is 6.45. The minimum atomic E-state index is 0.670. The molecule has 62 valence electrons. The van der Waals surface area contributed by atoms with Crippen molar-refractivity contribution in [3.63, 3.8) is 0 Å². The van der Waals surface area contributed by atoms with Crippen molar-refractivity contribution >= 4 is 23.2 Å². The van der Waals surface area contributed by atoms with Crippen molar-refractivity contribution in [1.29, 1.82) is 0 Å². The van der Waals surface area contributed by atoms with E-state index in [2.05, 4.69) is 20.4 Å². The quantitative estimate of drug-likeness (QED) is 0.650. The smallest absolute Gasteiger partial charge is 0.203 e. The van der Waals surface area contributed by atoms with Crippen molar-refractivity contribution in [2.24, 2.45) is 0 Å². The van der Waals surface area contributed by atoms with Gasteiger partial charge in [-0.15, -0.1) is 5.10 Å². The van der Waals surface area contributed by atoms with E-state index in [9.17, 15) is 0 Å². The second-order valence-corrected chi connectivity index (χ2v) is 2.85. The van der Waals surface area contributed by atoms with Gasteiger partial charge in [-0.1, -0.05) is 18.2 Å². The zero-order chi connectivity index (χ0) is 8.67. The SMILES string of the molecule is C1=Cc2cnnc3n[nH]c(c23)C=C1. The fourth-order valence-corrected chi connectivity index (χ4v) is 1.47. The Morgan fingerprint density at radius 3 is 3.08 bits per heavy atom. The van der Waals surface area contributed by atoms with Crippen molar-refractivity contribution in [1.82, 2.24) is 20.4 Å². The van der Waals surface area contributed by atoms with E-state index in [0.717, 1.165) is 16.6 Å². The van der Waals surface area contributed by atoms with E-state index < -0.39 is 0 Å². The van der Waals surface area contributed by atoms with Crippen molar-refractivity contribution < 1.29 is 0 Å². The molecule has 2 heterocycles. The Bertz CT molecular complexity index is 521. The van der Waals surface area contributed by atoms with E-state index >= 15 is 0 Å². The van der Waals surface area contributed by atoms with E-state index in [1.807, 2.05) is 24.3 Å². The van der Waals surface area contributed by atoms with Crippen LogP contribution in [0.15, 0.2) is 18.3 Å². The maximum Gasteiger partial charge on any atom is 0.203 e. The molecular formula is C9H6N4. The summed E-state index contributed by atoms with van der Waals surface area (Å²) in [6, 6.07) is 0. The molecule has 0 fully saturated rings. The minimum absolute atomic E-state index is 0.670. The molecule has 0 amide bonds. The summed E-state index contributed by atoms with van der Waals surface area (Å²) in [5.41, 5.74) is 2.72. The van der Waals surface area contributed by atoms with Crippen LogP contribution in [0.2, 0.25) is 0 Å². The van der Waals surface area contributed by atoms with E-state index in [-0.39, 0.29) is 0 Å². The number of rotatable bonds is 0. The monoisotopic (exact) mass is 170 g/mol. The number of hydrogen-bond donors (Lipinski definition) is 1. The summed E-state index contributed by atoms with van der Waals surface area (Å²) in [6.45, 7) is 0. The summed E-state index contributed by atoms with van der Waals surface area (Å²) in [7, 11) is 0. The van der Waals surface area contributed by atoms with Crippen molar-refractivity contribution in [3.05, 3.63) is 29.6 Å². The molecule has 1 aliphatic rings. The molecule has 0 saturated heterocycles. The Morgan fingerprint density at radius 1 is 1.15 bits per heavy atom. The summed E-state index contributed by atoms with van der Waals surface area (Å²) in [5.74, 6) is 0. The third kappa shape index (κ3) is 0.823. The molecule has 1 N–H and O–H groups in total. The molecule has 3 rings (SSSR count). The molecule has 13 heavy (non-hydrogen) atoms. The predicted molar refractivity (Wildman–Crippen MR) is 49.8 cm³/mol. The molecule has 0 saturated carbocycles.